The standard InChI is InChI=1S/C16H13F2N3O3S/c17-10-3-1-9(2-4-10)15-16(19)20-14(8-25(15)24)12-7-11(21(22)23)5-6-13(12)18/h1-7,14-15H,8H2,(H2,19,20). The van der Waals surface area contributed by atoms with Crippen molar-refractivity contribution < 1.29 is 17.9 Å². The molecule has 6 nitrogen and oxygen atoms in total. The molecular formula is C16H13F2N3O3S. The van der Waals surface area contributed by atoms with Crippen LogP contribution in [0.4, 0.5) is 14.5 Å². The third-order valence-corrected chi connectivity index (χ3v) is 5.56. The van der Waals surface area contributed by atoms with E-state index in [1.54, 1.807) is 0 Å². The van der Waals surface area contributed by atoms with Crippen molar-refractivity contribution in [3.05, 3.63) is 75.3 Å². The van der Waals surface area contributed by atoms with E-state index in [2.05, 4.69) is 4.99 Å². The molecule has 0 radical (unpaired) electrons. The summed E-state index contributed by atoms with van der Waals surface area (Å²) in [6.45, 7) is 0. The Kier molecular flexibility index (Phi) is 4.58. The van der Waals surface area contributed by atoms with Gasteiger partial charge in [0.15, 0.2) is 0 Å². The van der Waals surface area contributed by atoms with E-state index in [0.29, 0.717) is 5.56 Å². The van der Waals surface area contributed by atoms with Gasteiger partial charge in [0.1, 0.15) is 22.7 Å². The van der Waals surface area contributed by atoms with Crippen LogP contribution in [0.5, 0.6) is 0 Å². The van der Waals surface area contributed by atoms with Crippen molar-refractivity contribution in [2.24, 2.45) is 10.7 Å². The number of hydrogen-bond acceptors (Lipinski definition) is 5. The van der Waals surface area contributed by atoms with Crippen LogP contribution in [0, 0.1) is 21.7 Å². The molecule has 0 saturated carbocycles. The van der Waals surface area contributed by atoms with Gasteiger partial charge in [-0.1, -0.05) is 12.1 Å². The van der Waals surface area contributed by atoms with Gasteiger partial charge >= 0.3 is 0 Å². The molecule has 0 aromatic heterocycles. The Bertz CT molecular complexity index is 887. The largest absolute Gasteiger partial charge is 0.386 e. The minimum Gasteiger partial charge on any atom is -0.386 e. The molecule has 25 heavy (non-hydrogen) atoms. The number of benzene rings is 2. The molecule has 0 aliphatic carbocycles. The van der Waals surface area contributed by atoms with Gasteiger partial charge in [0, 0.05) is 28.5 Å². The van der Waals surface area contributed by atoms with E-state index in [9.17, 15) is 23.1 Å². The number of amidine groups is 1. The zero-order valence-electron chi connectivity index (χ0n) is 12.8. The van der Waals surface area contributed by atoms with Crippen molar-refractivity contribution in [3.63, 3.8) is 0 Å². The summed E-state index contributed by atoms with van der Waals surface area (Å²) >= 11 is 0. The van der Waals surface area contributed by atoms with Crippen molar-refractivity contribution >= 4 is 22.3 Å². The summed E-state index contributed by atoms with van der Waals surface area (Å²) in [5.74, 6) is -1.13. The Labute approximate surface area is 144 Å². The summed E-state index contributed by atoms with van der Waals surface area (Å²) in [5.41, 5.74) is 6.16. The van der Waals surface area contributed by atoms with E-state index in [-0.39, 0.29) is 22.8 Å². The lowest BCUT2D eigenvalue weighted by Gasteiger charge is -2.26. The van der Waals surface area contributed by atoms with Gasteiger partial charge in [-0.3, -0.25) is 19.3 Å². The molecule has 130 valence electrons. The molecule has 2 N–H and O–H groups in total. The highest BCUT2D eigenvalue weighted by Crippen LogP contribution is 2.33. The molecule has 3 atom stereocenters. The molecule has 2 aromatic rings. The number of nitrogens with zero attached hydrogens (tertiary/aromatic N) is 2. The first-order valence-electron chi connectivity index (χ1n) is 7.26. The normalized spacial score (nSPS) is 23.1. The fourth-order valence-corrected chi connectivity index (χ4v) is 4.24. The minimum absolute atomic E-state index is 0.0205. The van der Waals surface area contributed by atoms with Crippen LogP contribution in [0.15, 0.2) is 47.5 Å². The number of non-ortho nitro benzene ring substituents is 1. The van der Waals surface area contributed by atoms with Gasteiger partial charge in [-0.2, -0.15) is 0 Å². The van der Waals surface area contributed by atoms with E-state index >= 15 is 0 Å². The molecule has 3 rings (SSSR count). The molecule has 0 bridgehead atoms. The number of nitro groups is 1. The Morgan fingerprint density at radius 3 is 2.48 bits per heavy atom. The number of nitro benzene ring substituents is 1. The first-order chi connectivity index (χ1) is 11.9. The molecule has 9 heteroatoms. The molecular weight excluding hydrogens is 352 g/mol. The summed E-state index contributed by atoms with van der Waals surface area (Å²) in [7, 11) is -1.54. The van der Waals surface area contributed by atoms with Crippen LogP contribution in [0.1, 0.15) is 22.4 Å². The van der Waals surface area contributed by atoms with Crippen LogP contribution in [0.25, 0.3) is 0 Å². The molecule has 0 fully saturated rings. The van der Waals surface area contributed by atoms with Gasteiger partial charge in [0.2, 0.25) is 0 Å². The maximum absolute atomic E-state index is 14.1. The average molecular weight is 365 g/mol. The van der Waals surface area contributed by atoms with Gasteiger partial charge in [-0.15, -0.1) is 0 Å². The summed E-state index contributed by atoms with van der Waals surface area (Å²) in [5, 5.41) is 10.1. The van der Waals surface area contributed by atoms with Crippen LogP contribution in [0.3, 0.4) is 0 Å². The second-order valence-electron chi connectivity index (χ2n) is 5.51. The topological polar surface area (TPSA) is 98.6 Å². The fraction of sp³-hybridized carbons (Fsp3) is 0.188. The monoisotopic (exact) mass is 365 g/mol. The maximum atomic E-state index is 14.1. The first kappa shape index (κ1) is 17.2. The summed E-state index contributed by atoms with van der Waals surface area (Å²) in [6.07, 6.45) is 0. The fourth-order valence-electron chi connectivity index (χ4n) is 2.69. The maximum Gasteiger partial charge on any atom is 0.269 e. The Morgan fingerprint density at radius 1 is 1.20 bits per heavy atom. The lowest BCUT2D eigenvalue weighted by atomic mass is 10.1. The molecule has 0 saturated heterocycles. The predicted octanol–water partition coefficient (Wildman–Crippen LogP) is 2.77. The molecule has 1 heterocycles. The third kappa shape index (κ3) is 3.41. The Hall–Kier alpha value is -2.68. The average Bonchev–Trinajstić information content (AvgIpc) is 2.56. The molecule has 3 unspecified atom stereocenters. The van der Waals surface area contributed by atoms with Crippen molar-refractivity contribution in [3.8, 4) is 0 Å². The van der Waals surface area contributed by atoms with Crippen molar-refractivity contribution in [2.45, 2.75) is 11.3 Å². The van der Waals surface area contributed by atoms with E-state index in [1.165, 1.54) is 24.3 Å². The lowest BCUT2D eigenvalue weighted by molar-refractivity contribution is -0.385. The molecule has 0 amide bonds. The number of aliphatic imine (C=N–C) groups is 1. The van der Waals surface area contributed by atoms with E-state index < -0.39 is 38.6 Å². The Balaban J connectivity index is 1.97. The highest BCUT2D eigenvalue weighted by molar-refractivity contribution is 7.86. The summed E-state index contributed by atoms with van der Waals surface area (Å²) < 4.78 is 39.7. The van der Waals surface area contributed by atoms with Gasteiger partial charge in [-0.05, 0) is 23.8 Å². The van der Waals surface area contributed by atoms with Gasteiger partial charge < -0.3 is 5.73 Å². The molecule has 0 spiro atoms. The number of hydrogen-bond donors (Lipinski definition) is 1. The van der Waals surface area contributed by atoms with Crippen molar-refractivity contribution in [1.82, 2.24) is 0 Å². The van der Waals surface area contributed by atoms with Crippen LogP contribution >= 0.6 is 0 Å². The van der Waals surface area contributed by atoms with Crippen LogP contribution < -0.4 is 5.73 Å². The zero-order valence-corrected chi connectivity index (χ0v) is 13.6. The van der Waals surface area contributed by atoms with E-state index in [4.69, 9.17) is 5.73 Å². The predicted molar refractivity (Wildman–Crippen MR) is 89.6 cm³/mol. The second kappa shape index (κ2) is 6.67. The van der Waals surface area contributed by atoms with E-state index in [1.807, 2.05) is 0 Å². The molecule has 2 aromatic carbocycles. The van der Waals surface area contributed by atoms with Gasteiger partial charge in [-0.25, -0.2) is 8.78 Å². The van der Waals surface area contributed by atoms with Crippen LogP contribution in [-0.4, -0.2) is 20.7 Å². The molecule has 1 aliphatic rings. The molecule has 1 aliphatic heterocycles. The van der Waals surface area contributed by atoms with Crippen molar-refractivity contribution in [1.29, 1.82) is 0 Å². The van der Waals surface area contributed by atoms with Gasteiger partial charge in [0.05, 0.1) is 16.7 Å². The van der Waals surface area contributed by atoms with Crippen molar-refractivity contribution in [2.75, 3.05) is 5.75 Å². The van der Waals surface area contributed by atoms with Crippen LogP contribution in [-0.2, 0) is 10.8 Å². The highest BCUT2D eigenvalue weighted by atomic mass is 32.2. The SMILES string of the molecule is NC1=NC(c2cc([N+](=O)[O-])ccc2F)CS(=O)C1c1ccc(F)cc1. The first-order valence-corrected chi connectivity index (χ1v) is 8.64. The quantitative estimate of drug-likeness (QED) is 0.668. The highest BCUT2D eigenvalue weighted by Gasteiger charge is 2.33. The van der Waals surface area contributed by atoms with Gasteiger partial charge in [0.25, 0.3) is 5.69 Å². The smallest absolute Gasteiger partial charge is 0.269 e. The summed E-state index contributed by atoms with van der Waals surface area (Å²) in [6, 6.07) is 7.62. The lowest BCUT2D eigenvalue weighted by Crippen LogP contribution is -2.33. The zero-order chi connectivity index (χ0) is 18.1. The number of rotatable bonds is 3. The summed E-state index contributed by atoms with van der Waals surface area (Å²) in [4.78, 5) is 14.4. The Morgan fingerprint density at radius 2 is 1.88 bits per heavy atom. The van der Waals surface area contributed by atoms with E-state index in [0.717, 1.165) is 18.2 Å². The number of halogens is 2. The minimum atomic E-state index is -1.54. The second-order valence-corrected chi connectivity index (χ2v) is 7.08. The third-order valence-electron chi connectivity index (χ3n) is 3.88. The van der Waals surface area contributed by atoms with Crippen LogP contribution in [0.2, 0.25) is 0 Å². The number of nitrogens with two attached hydrogens (primary N) is 1.